The molecule has 3 aromatic rings. The zero-order valence-electron chi connectivity index (χ0n) is 22.4. The van der Waals surface area contributed by atoms with Gasteiger partial charge in [-0.1, -0.05) is 37.6 Å². The van der Waals surface area contributed by atoms with Gasteiger partial charge in [-0.15, -0.1) is 15.3 Å². The van der Waals surface area contributed by atoms with E-state index in [0.29, 0.717) is 5.92 Å². The predicted molar refractivity (Wildman–Crippen MR) is 136 cm³/mol. The van der Waals surface area contributed by atoms with E-state index in [0.717, 1.165) is 35.2 Å². The lowest BCUT2D eigenvalue weighted by Crippen LogP contribution is -2.50. The molecule has 3 aromatic heterocycles. The van der Waals surface area contributed by atoms with Gasteiger partial charge in [0.25, 0.3) is 0 Å². The Morgan fingerprint density at radius 2 is 1.85 bits per heavy atom. The van der Waals surface area contributed by atoms with Crippen LogP contribution in [0.4, 0.5) is 13.2 Å². The van der Waals surface area contributed by atoms with E-state index in [1.165, 1.54) is 16.5 Å². The van der Waals surface area contributed by atoms with Crippen LogP contribution in [-0.2, 0) is 15.8 Å². The van der Waals surface area contributed by atoms with E-state index in [1.54, 1.807) is 6.20 Å². The molecule has 1 aliphatic heterocycles. The smallest absolute Gasteiger partial charge is 0.391 e. The molecule has 2 N–H and O–H groups in total. The molecular weight excluding hydrogens is 553 g/mol. The van der Waals surface area contributed by atoms with Gasteiger partial charge in [0.2, 0.25) is 11.8 Å². The number of aromatic nitrogens is 6. The summed E-state index contributed by atoms with van der Waals surface area (Å²) in [6, 6.07) is -1.94. The van der Waals surface area contributed by atoms with Crippen molar-refractivity contribution in [2.75, 3.05) is 6.54 Å². The molecular formula is C25H30ClF3N8O3. The number of hydrogen-bond donors (Lipinski definition) is 2. The van der Waals surface area contributed by atoms with Gasteiger partial charge in [-0.3, -0.25) is 14.0 Å². The summed E-state index contributed by atoms with van der Waals surface area (Å²) in [4.78, 5) is 28.7. The molecule has 0 spiro atoms. The number of carbonyl (C=O) groups excluding carboxylic acids is 2. The number of aliphatic hydroxyl groups excluding tert-OH is 1. The van der Waals surface area contributed by atoms with Crippen molar-refractivity contribution in [3.8, 4) is 0 Å². The third-order valence-electron chi connectivity index (χ3n) is 7.27. The molecule has 4 atom stereocenters. The highest BCUT2D eigenvalue weighted by atomic mass is 35.5. The van der Waals surface area contributed by atoms with E-state index >= 15 is 0 Å². The fourth-order valence-corrected chi connectivity index (χ4v) is 5.37. The quantitative estimate of drug-likeness (QED) is 0.456. The zero-order chi connectivity index (χ0) is 29.1. The number of rotatable bonds is 6. The second-order valence-electron chi connectivity index (χ2n) is 11.6. The van der Waals surface area contributed by atoms with E-state index in [-0.39, 0.29) is 29.5 Å². The molecule has 1 saturated carbocycles. The van der Waals surface area contributed by atoms with Crippen molar-refractivity contribution in [3.63, 3.8) is 0 Å². The number of fused-ring (bicyclic) bond motifs is 1. The molecule has 1 unspecified atom stereocenters. The Balaban J connectivity index is 1.38. The normalized spacial score (nSPS) is 21.6. The molecule has 2 fully saturated rings. The Kier molecular flexibility index (Phi) is 7.06. The third-order valence-corrected chi connectivity index (χ3v) is 7.54. The first-order valence-electron chi connectivity index (χ1n) is 13.0. The van der Waals surface area contributed by atoms with Crippen molar-refractivity contribution in [3.05, 3.63) is 40.6 Å². The van der Waals surface area contributed by atoms with Crippen LogP contribution in [0, 0.1) is 5.41 Å². The molecule has 1 saturated heterocycles. The standard InChI is InChI=1S/C25H30ClF3N8O3/c1-12(20-32-33-21-16(26)7-14(9-36(20)21)25(27,28)29)30-22(39)18-8-15(38)10-35(18)23(40)19(24(2,3)4)37-11-17(31-34-37)13-5-6-13/h7,9,11-13,15,18-19,38H,5-6,8,10H2,1-4H3,(H,30,39)/t12?,15-,18+,19-/m0/s1. The Hall–Kier alpha value is -3.26. The Morgan fingerprint density at radius 3 is 2.48 bits per heavy atom. The molecule has 1 aliphatic carbocycles. The molecule has 15 heteroatoms. The van der Waals surface area contributed by atoms with Crippen LogP contribution in [0.5, 0.6) is 0 Å². The van der Waals surface area contributed by atoms with Crippen LogP contribution in [0.1, 0.15) is 82.0 Å². The summed E-state index contributed by atoms with van der Waals surface area (Å²) in [5, 5.41) is 29.2. The maximum atomic E-state index is 13.9. The molecule has 0 radical (unpaired) electrons. The van der Waals surface area contributed by atoms with Gasteiger partial charge < -0.3 is 15.3 Å². The zero-order valence-corrected chi connectivity index (χ0v) is 23.1. The van der Waals surface area contributed by atoms with E-state index < -0.39 is 53.2 Å². The molecule has 0 aromatic carbocycles. The summed E-state index contributed by atoms with van der Waals surface area (Å²) in [5.41, 5.74) is -0.763. The van der Waals surface area contributed by atoms with Crippen LogP contribution in [0.2, 0.25) is 5.02 Å². The van der Waals surface area contributed by atoms with Crippen LogP contribution in [0.3, 0.4) is 0 Å². The van der Waals surface area contributed by atoms with Crippen molar-refractivity contribution in [1.29, 1.82) is 0 Å². The van der Waals surface area contributed by atoms with E-state index in [4.69, 9.17) is 11.6 Å². The summed E-state index contributed by atoms with van der Waals surface area (Å²) >= 11 is 6.01. The first-order chi connectivity index (χ1) is 18.6. The first kappa shape index (κ1) is 28.3. The number of aliphatic hydroxyl groups is 1. The van der Waals surface area contributed by atoms with Gasteiger partial charge in [0, 0.05) is 31.3 Å². The van der Waals surface area contributed by atoms with Crippen molar-refractivity contribution in [2.45, 2.75) is 83.3 Å². The molecule has 2 amide bonds. The average molecular weight is 583 g/mol. The number of alkyl halides is 3. The van der Waals surface area contributed by atoms with Crippen molar-refractivity contribution in [1.82, 2.24) is 39.8 Å². The number of β-amino-alcohol motifs (C(OH)–C–C–N with tert-alkyl or cyclic N) is 1. The lowest BCUT2D eigenvalue weighted by atomic mass is 9.85. The highest BCUT2D eigenvalue weighted by molar-refractivity contribution is 6.33. The second-order valence-corrected chi connectivity index (χ2v) is 12.0. The van der Waals surface area contributed by atoms with E-state index in [9.17, 15) is 27.9 Å². The minimum Gasteiger partial charge on any atom is -0.391 e. The van der Waals surface area contributed by atoms with Crippen LogP contribution in [0.15, 0.2) is 18.5 Å². The molecule has 216 valence electrons. The highest BCUT2D eigenvalue weighted by Crippen LogP contribution is 2.40. The van der Waals surface area contributed by atoms with E-state index in [1.807, 2.05) is 20.8 Å². The maximum absolute atomic E-state index is 13.9. The van der Waals surface area contributed by atoms with Crippen molar-refractivity contribution >= 4 is 29.1 Å². The molecule has 0 bridgehead atoms. The largest absolute Gasteiger partial charge is 0.417 e. The maximum Gasteiger partial charge on any atom is 0.417 e. The number of halogens is 4. The summed E-state index contributed by atoms with van der Waals surface area (Å²) in [6.45, 7) is 7.13. The minimum atomic E-state index is -4.65. The number of pyridine rings is 1. The second kappa shape index (κ2) is 9.98. The number of likely N-dealkylation sites (tertiary alicyclic amines) is 1. The molecule has 11 nitrogen and oxygen atoms in total. The van der Waals surface area contributed by atoms with Crippen LogP contribution < -0.4 is 5.32 Å². The van der Waals surface area contributed by atoms with Crippen LogP contribution in [0.25, 0.3) is 5.65 Å². The number of hydrogen-bond acceptors (Lipinski definition) is 7. The Bertz CT molecular complexity index is 1450. The monoisotopic (exact) mass is 582 g/mol. The van der Waals surface area contributed by atoms with Crippen molar-refractivity contribution in [2.24, 2.45) is 5.41 Å². The number of nitrogens with zero attached hydrogens (tertiary/aromatic N) is 7. The topological polar surface area (TPSA) is 131 Å². The lowest BCUT2D eigenvalue weighted by Gasteiger charge is -2.34. The van der Waals surface area contributed by atoms with Crippen molar-refractivity contribution < 1.29 is 27.9 Å². The number of carbonyl (C=O) groups is 2. The van der Waals surface area contributed by atoms with Gasteiger partial charge in [0.1, 0.15) is 12.1 Å². The molecule has 40 heavy (non-hydrogen) atoms. The van der Waals surface area contributed by atoms with Gasteiger partial charge in [0.15, 0.2) is 11.5 Å². The number of nitrogens with one attached hydrogen (secondary N) is 1. The Labute approximate surface area is 232 Å². The van der Waals surface area contributed by atoms with E-state index in [2.05, 4.69) is 25.8 Å². The summed E-state index contributed by atoms with van der Waals surface area (Å²) in [5.74, 6) is -0.611. The Morgan fingerprint density at radius 1 is 1.15 bits per heavy atom. The first-order valence-corrected chi connectivity index (χ1v) is 13.3. The summed E-state index contributed by atoms with van der Waals surface area (Å²) < 4.78 is 42.7. The molecule has 2 aliphatic rings. The fourth-order valence-electron chi connectivity index (χ4n) is 5.12. The molecule has 5 rings (SSSR count). The average Bonchev–Trinajstić information content (AvgIpc) is 3.23. The predicted octanol–water partition coefficient (Wildman–Crippen LogP) is 3.30. The third kappa shape index (κ3) is 5.38. The summed E-state index contributed by atoms with van der Waals surface area (Å²) in [6.07, 6.45) is -0.957. The van der Waals surface area contributed by atoms with Crippen LogP contribution in [-0.4, -0.2) is 70.1 Å². The molecule has 4 heterocycles. The summed E-state index contributed by atoms with van der Waals surface area (Å²) in [7, 11) is 0. The van der Waals surface area contributed by atoms with Crippen LogP contribution >= 0.6 is 11.6 Å². The highest BCUT2D eigenvalue weighted by Gasteiger charge is 2.46. The van der Waals surface area contributed by atoms with Gasteiger partial charge in [-0.05, 0) is 31.2 Å². The van der Waals surface area contributed by atoms with Gasteiger partial charge in [-0.25, -0.2) is 4.68 Å². The lowest BCUT2D eigenvalue weighted by molar-refractivity contribution is -0.144. The SMILES string of the molecule is CC(NC(=O)[C@H]1C[C@H](O)CN1C(=O)[C@H](n1cc(C2CC2)nn1)C(C)(C)C)c1nnc2c(Cl)cc(C(F)(F)F)cn12. The minimum absolute atomic E-state index is 0.00350. The van der Waals surface area contributed by atoms with Gasteiger partial charge in [-0.2, -0.15) is 13.2 Å². The van der Waals surface area contributed by atoms with Gasteiger partial charge in [0.05, 0.1) is 28.4 Å². The van der Waals surface area contributed by atoms with Gasteiger partial charge >= 0.3 is 6.18 Å². The number of amides is 2. The fraction of sp³-hybridized carbons (Fsp3) is 0.600.